The number of halogens is 2. The van der Waals surface area contributed by atoms with E-state index in [0.717, 1.165) is 0 Å². The molecule has 0 atom stereocenters. The fraction of sp³-hybridized carbons (Fsp3) is 0.417. The van der Waals surface area contributed by atoms with E-state index in [0.29, 0.717) is 10.0 Å². The zero-order valence-electron chi connectivity index (χ0n) is 10.0. The van der Waals surface area contributed by atoms with E-state index >= 15 is 0 Å². The maximum atomic E-state index is 13.2. The first-order valence-electron chi connectivity index (χ1n) is 5.19. The molecule has 5 heteroatoms. The van der Waals surface area contributed by atoms with Crippen molar-refractivity contribution in [1.29, 1.82) is 0 Å². The van der Waals surface area contributed by atoms with Gasteiger partial charge in [0, 0.05) is 6.54 Å². The van der Waals surface area contributed by atoms with Gasteiger partial charge in [0.1, 0.15) is 11.4 Å². The number of hydrogen-bond donors (Lipinski definition) is 1. The standard InChI is InChI=1S/C12H15BrFNO2/c1-12(2,3)17-11(16)15-7-8-4-5-9(13)10(14)6-8/h4-6H,7H2,1-3H3,(H,15,16). The molecule has 0 fully saturated rings. The summed E-state index contributed by atoms with van der Waals surface area (Å²) in [6, 6.07) is 4.69. The lowest BCUT2D eigenvalue weighted by molar-refractivity contribution is 0.0523. The fourth-order valence-electron chi connectivity index (χ4n) is 1.14. The number of alkyl carbamates (subject to hydrolysis) is 1. The molecule has 94 valence electrons. The maximum absolute atomic E-state index is 13.2. The van der Waals surface area contributed by atoms with Crippen molar-refractivity contribution in [3.8, 4) is 0 Å². The van der Waals surface area contributed by atoms with Crippen molar-refractivity contribution in [2.45, 2.75) is 32.9 Å². The monoisotopic (exact) mass is 303 g/mol. The Hall–Kier alpha value is -1.10. The molecule has 0 saturated carbocycles. The Kier molecular flexibility index (Phi) is 4.51. The normalized spacial score (nSPS) is 11.1. The molecule has 0 aliphatic heterocycles. The van der Waals surface area contributed by atoms with Gasteiger partial charge in [-0.25, -0.2) is 9.18 Å². The number of benzene rings is 1. The minimum atomic E-state index is -0.533. The van der Waals surface area contributed by atoms with Crippen LogP contribution in [0, 0.1) is 5.82 Å². The van der Waals surface area contributed by atoms with Crippen LogP contribution in [0.25, 0.3) is 0 Å². The van der Waals surface area contributed by atoms with Crippen LogP contribution in [0.1, 0.15) is 26.3 Å². The van der Waals surface area contributed by atoms with Crippen molar-refractivity contribution in [2.24, 2.45) is 0 Å². The second kappa shape index (κ2) is 5.49. The molecule has 0 radical (unpaired) electrons. The number of hydrogen-bond acceptors (Lipinski definition) is 2. The topological polar surface area (TPSA) is 38.3 Å². The number of carbonyl (C=O) groups is 1. The highest BCUT2D eigenvalue weighted by atomic mass is 79.9. The molecule has 0 bridgehead atoms. The Morgan fingerprint density at radius 1 is 1.47 bits per heavy atom. The highest BCUT2D eigenvalue weighted by molar-refractivity contribution is 9.10. The third-order valence-corrected chi connectivity index (χ3v) is 2.46. The van der Waals surface area contributed by atoms with Gasteiger partial charge in [0.2, 0.25) is 0 Å². The van der Waals surface area contributed by atoms with Crippen LogP contribution < -0.4 is 5.32 Å². The molecule has 1 aromatic carbocycles. The van der Waals surface area contributed by atoms with Crippen LogP contribution in [0.3, 0.4) is 0 Å². The fourth-order valence-corrected chi connectivity index (χ4v) is 1.38. The summed E-state index contributed by atoms with van der Waals surface area (Å²) in [6.07, 6.45) is -0.513. The zero-order chi connectivity index (χ0) is 13.1. The summed E-state index contributed by atoms with van der Waals surface area (Å²) in [4.78, 5) is 11.3. The second-order valence-electron chi connectivity index (χ2n) is 4.60. The van der Waals surface area contributed by atoms with Crippen LogP contribution in [0.4, 0.5) is 9.18 Å². The van der Waals surface area contributed by atoms with Gasteiger partial charge < -0.3 is 10.1 Å². The third kappa shape index (κ3) is 5.17. The Morgan fingerprint density at radius 2 is 2.12 bits per heavy atom. The average molecular weight is 304 g/mol. The molecule has 0 unspecified atom stereocenters. The smallest absolute Gasteiger partial charge is 0.407 e. The van der Waals surface area contributed by atoms with Crippen molar-refractivity contribution >= 4 is 22.0 Å². The summed E-state index contributed by atoms with van der Waals surface area (Å²) in [6.45, 7) is 5.59. The molecule has 0 aromatic heterocycles. The number of carbonyl (C=O) groups excluding carboxylic acids is 1. The van der Waals surface area contributed by atoms with E-state index in [1.165, 1.54) is 6.07 Å². The lowest BCUT2D eigenvalue weighted by Crippen LogP contribution is -2.32. The second-order valence-corrected chi connectivity index (χ2v) is 5.46. The van der Waals surface area contributed by atoms with Gasteiger partial charge in [0.25, 0.3) is 0 Å². The number of rotatable bonds is 2. The van der Waals surface area contributed by atoms with Crippen molar-refractivity contribution in [2.75, 3.05) is 0 Å². The lowest BCUT2D eigenvalue weighted by Gasteiger charge is -2.19. The predicted octanol–water partition coefficient (Wildman–Crippen LogP) is 3.61. The molecule has 1 N–H and O–H groups in total. The molecular weight excluding hydrogens is 289 g/mol. The van der Waals surface area contributed by atoms with E-state index in [9.17, 15) is 9.18 Å². The summed E-state index contributed by atoms with van der Waals surface area (Å²) in [5, 5.41) is 2.56. The molecule has 0 aliphatic carbocycles. The van der Waals surface area contributed by atoms with Gasteiger partial charge in [-0.05, 0) is 54.4 Å². The summed E-state index contributed by atoms with van der Waals surface area (Å²) >= 11 is 3.06. The van der Waals surface area contributed by atoms with Crippen molar-refractivity contribution in [3.63, 3.8) is 0 Å². The van der Waals surface area contributed by atoms with Crippen LogP contribution in [-0.2, 0) is 11.3 Å². The lowest BCUT2D eigenvalue weighted by atomic mass is 10.2. The molecule has 3 nitrogen and oxygen atoms in total. The first-order chi connectivity index (χ1) is 7.78. The van der Waals surface area contributed by atoms with Crippen LogP contribution in [0.2, 0.25) is 0 Å². The van der Waals surface area contributed by atoms with E-state index in [1.807, 2.05) is 0 Å². The summed E-state index contributed by atoms with van der Waals surface area (Å²) in [5.74, 6) is -0.353. The van der Waals surface area contributed by atoms with Crippen LogP contribution in [-0.4, -0.2) is 11.7 Å². The van der Waals surface area contributed by atoms with Gasteiger partial charge >= 0.3 is 6.09 Å². The van der Waals surface area contributed by atoms with Gasteiger partial charge in [-0.15, -0.1) is 0 Å². The highest BCUT2D eigenvalue weighted by Gasteiger charge is 2.15. The molecular formula is C12H15BrFNO2. The van der Waals surface area contributed by atoms with Crippen molar-refractivity contribution < 1.29 is 13.9 Å². The van der Waals surface area contributed by atoms with E-state index < -0.39 is 11.7 Å². The minimum absolute atomic E-state index is 0.235. The van der Waals surface area contributed by atoms with Crippen LogP contribution >= 0.6 is 15.9 Å². The maximum Gasteiger partial charge on any atom is 0.407 e. The SMILES string of the molecule is CC(C)(C)OC(=O)NCc1ccc(Br)c(F)c1. The van der Waals surface area contributed by atoms with E-state index in [-0.39, 0.29) is 12.4 Å². The Morgan fingerprint density at radius 3 is 2.65 bits per heavy atom. The van der Waals surface area contributed by atoms with Gasteiger partial charge in [0.05, 0.1) is 4.47 Å². The van der Waals surface area contributed by atoms with Crippen molar-refractivity contribution in [1.82, 2.24) is 5.32 Å². The molecule has 1 rings (SSSR count). The minimum Gasteiger partial charge on any atom is -0.444 e. The van der Waals surface area contributed by atoms with Crippen molar-refractivity contribution in [3.05, 3.63) is 34.1 Å². The van der Waals surface area contributed by atoms with Gasteiger partial charge in [-0.3, -0.25) is 0 Å². The molecule has 0 heterocycles. The van der Waals surface area contributed by atoms with Gasteiger partial charge in [0.15, 0.2) is 0 Å². The van der Waals surface area contributed by atoms with E-state index in [2.05, 4.69) is 21.2 Å². The summed E-state index contributed by atoms with van der Waals surface area (Å²) in [7, 11) is 0. The molecule has 0 aliphatic rings. The van der Waals surface area contributed by atoms with Crippen LogP contribution in [0.5, 0.6) is 0 Å². The quantitative estimate of drug-likeness (QED) is 0.906. The van der Waals surface area contributed by atoms with E-state index in [1.54, 1.807) is 32.9 Å². The Bertz CT molecular complexity index is 415. The largest absolute Gasteiger partial charge is 0.444 e. The van der Waals surface area contributed by atoms with Crippen LogP contribution in [0.15, 0.2) is 22.7 Å². The van der Waals surface area contributed by atoms with E-state index in [4.69, 9.17) is 4.74 Å². The third-order valence-electron chi connectivity index (χ3n) is 1.82. The first kappa shape index (κ1) is 14.0. The molecule has 17 heavy (non-hydrogen) atoms. The summed E-state index contributed by atoms with van der Waals surface area (Å²) < 4.78 is 18.6. The molecule has 1 aromatic rings. The average Bonchev–Trinajstić information content (AvgIpc) is 2.17. The number of amides is 1. The van der Waals surface area contributed by atoms with Gasteiger partial charge in [-0.1, -0.05) is 6.07 Å². The first-order valence-corrected chi connectivity index (χ1v) is 5.98. The Labute approximate surface area is 108 Å². The highest BCUT2D eigenvalue weighted by Crippen LogP contribution is 2.16. The number of ether oxygens (including phenoxy) is 1. The molecule has 0 spiro atoms. The molecule has 1 amide bonds. The van der Waals surface area contributed by atoms with Gasteiger partial charge in [-0.2, -0.15) is 0 Å². The summed E-state index contributed by atoms with van der Waals surface area (Å²) in [5.41, 5.74) is 0.145. The number of nitrogens with one attached hydrogen (secondary N) is 1. The Balaban J connectivity index is 2.50. The zero-order valence-corrected chi connectivity index (χ0v) is 11.6. The molecule has 0 saturated heterocycles. The predicted molar refractivity (Wildman–Crippen MR) is 67.2 cm³/mol.